The van der Waals surface area contributed by atoms with Gasteiger partial charge in [0.05, 0.1) is 6.61 Å². The van der Waals surface area contributed by atoms with Crippen molar-refractivity contribution in [1.82, 2.24) is 5.32 Å². The van der Waals surface area contributed by atoms with Gasteiger partial charge in [-0.2, -0.15) is 0 Å². The minimum atomic E-state index is 0.570. The third-order valence-electron chi connectivity index (χ3n) is 3.84. The van der Waals surface area contributed by atoms with Crippen LogP contribution in [0.3, 0.4) is 0 Å². The SMILES string of the molecule is CCCCCCOCc1ccc(C(C)CNCCC)cc1. The van der Waals surface area contributed by atoms with Gasteiger partial charge in [-0.05, 0) is 36.4 Å². The number of nitrogens with one attached hydrogen (secondary N) is 1. The zero-order valence-corrected chi connectivity index (χ0v) is 14.2. The minimum absolute atomic E-state index is 0.570. The van der Waals surface area contributed by atoms with E-state index < -0.39 is 0 Å². The molecule has 1 N–H and O–H groups in total. The third-order valence-corrected chi connectivity index (χ3v) is 3.84. The Kier molecular flexibility index (Phi) is 10.2. The average molecular weight is 291 g/mol. The lowest BCUT2D eigenvalue weighted by Crippen LogP contribution is -2.20. The van der Waals surface area contributed by atoms with E-state index in [1.165, 1.54) is 43.2 Å². The van der Waals surface area contributed by atoms with Crippen LogP contribution in [-0.2, 0) is 11.3 Å². The highest BCUT2D eigenvalue weighted by molar-refractivity contribution is 5.24. The minimum Gasteiger partial charge on any atom is -0.377 e. The van der Waals surface area contributed by atoms with Gasteiger partial charge in [0, 0.05) is 13.2 Å². The highest BCUT2D eigenvalue weighted by Gasteiger charge is 2.04. The second-order valence-corrected chi connectivity index (χ2v) is 5.96. The van der Waals surface area contributed by atoms with Gasteiger partial charge in [0.25, 0.3) is 0 Å². The van der Waals surface area contributed by atoms with Gasteiger partial charge in [-0.1, -0.05) is 64.3 Å². The Morgan fingerprint density at radius 1 is 1.00 bits per heavy atom. The van der Waals surface area contributed by atoms with Crippen molar-refractivity contribution in [1.29, 1.82) is 0 Å². The standard InChI is InChI=1S/C19H33NO/c1-4-6-7-8-14-21-16-18-9-11-19(12-10-18)17(3)15-20-13-5-2/h9-12,17,20H,4-8,13-16H2,1-3H3. The lowest BCUT2D eigenvalue weighted by atomic mass is 10.00. The smallest absolute Gasteiger partial charge is 0.0716 e. The van der Waals surface area contributed by atoms with Crippen molar-refractivity contribution in [2.75, 3.05) is 19.7 Å². The van der Waals surface area contributed by atoms with E-state index in [9.17, 15) is 0 Å². The van der Waals surface area contributed by atoms with Crippen molar-refractivity contribution in [2.45, 2.75) is 65.4 Å². The Morgan fingerprint density at radius 3 is 2.43 bits per heavy atom. The predicted molar refractivity (Wildman–Crippen MR) is 91.8 cm³/mol. The maximum atomic E-state index is 5.73. The third kappa shape index (κ3) is 8.23. The molecular weight excluding hydrogens is 258 g/mol. The van der Waals surface area contributed by atoms with Gasteiger partial charge in [0.2, 0.25) is 0 Å². The van der Waals surface area contributed by atoms with Crippen LogP contribution in [0.15, 0.2) is 24.3 Å². The quantitative estimate of drug-likeness (QED) is 0.554. The number of ether oxygens (including phenoxy) is 1. The molecule has 120 valence electrons. The molecule has 0 aromatic heterocycles. The molecule has 0 saturated carbocycles. The molecule has 1 atom stereocenters. The molecule has 2 nitrogen and oxygen atoms in total. The molecule has 0 aliphatic rings. The number of hydrogen-bond acceptors (Lipinski definition) is 2. The monoisotopic (exact) mass is 291 g/mol. The van der Waals surface area contributed by atoms with E-state index in [1.807, 2.05) is 0 Å². The summed E-state index contributed by atoms with van der Waals surface area (Å²) in [4.78, 5) is 0. The van der Waals surface area contributed by atoms with Crippen molar-refractivity contribution in [3.8, 4) is 0 Å². The Hall–Kier alpha value is -0.860. The Bertz CT molecular complexity index is 347. The Morgan fingerprint density at radius 2 is 1.76 bits per heavy atom. The molecule has 0 saturated heterocycles. The fourth-order valence-corrected chi connectivity index (χ4v) is 2.38. The van der Waals surface area contributed by atoms with E-state index in [0.29, 0.717) is 5.92 Å². The highest BCUT2D eigenvalue weighted by atomic mass is 16.5. The van der Waals surface area contributed by atoms with Crippen molar-refractivity contribution in [2.24, 2.45) is 0 Å². The van der Waals surface area contributed by atoms with E-state index >= 15 is 0 Å². The summed E-state index contributed by atoms with van der Waals surface area (Å²) in [6.07, 6.45) is 6.28. The van der Waals surface area contributed by atoms with E-state index in [4.69, 9.17) is 4.74 Å². The van der Waals surface area contributed by atoms with Gasteiger partial charge in [-0.3, -0.25) is 0 Å². The first-order chi connectivity index (χ1) is 10.3. The second kappa shape index (κ2) is 11.8. The van der Waals surface area contributed by atoms with E-state index in [-0.39, 0.29) is 0 Å². The number of unbranched alkanes of at least 4 members (excludes halogenated alkanes) is 3. The van der Waals surface area contributed by atoms with Gasteiger partial charge < -0.3 is 10.1 Å². The molecular formula is C19H33NO. The molecule has 1 rings (SSSR count). The average Bonchev–Trinajstić information content (AvgIpc) is 2.51. The van der Waals surface area contributed by atoms with Crippen LogP contribution in [0.2, 0.25) is 0 Å². The molecule has 0 fully saturated rings. The summed E-state index contributed by atoms with van der Waals surface area (Å²) in [6, 6.07) is 8.90. The van der Waals surface area contributed by atoms with Crippen LogP contribution in [0.1, 0.15) is 69.9 Å². The van der Waals surface area contributed by atoms with E-state index in [1.54, 1.807) is 0 Å². The zero-order chi connectivity index (χ0) is 15.3. The topological polar surface area (TPSA) is 21.3 Å². The van der Waals surface area contributed by atoms with Gasteiger partial charge in [-0.25, -0.2) is 0 Å². The van der Waals surface area contributed by atoms with Gasteiger partial charge >= 0.3 is 0 Å². The van der Waals surface area contributed by atoms with Gasteiger partial charge in [-0.15, -0.1) is 0 Å². The summed E-state index contributed by atoms with van der Waals surface area (Å²) in [5.41, 5.74) is 2.69. The highest BCUT2D eigenvalue weighted by Crippen LogP contribution is 2.15. The first-order valence-corrected chi connectivity index (χ1v) is 8.65. The van der Waals surface area contributed by atoms with Crippen LogP contribution in [0.5, 0.6) is 0 Å². The summed E-state index contributed by atoms with van der Waals surface area (Å²) in [5.74, 6) is 0.570. The molecule has 2 heteroatoms. The zero-order valence-electron chi connectivity index (χ0n) is 14.2. The lowest BCUT2D eigenvalue weighted by Gasteiger charge is -2.13. The maximum absolute atomic E-state index is 5.73. The molecule has 0 aliphatic carbocycles. The molecule has 1 unspecified atom stereocenters. The van der Waals surface area contributed by atoms with Crippen molar-refractivity contribution in [3.05, 3.63) is 35.4 Å². The maximum Gasteiger partial charge on any atom is 0.0716 e. The molecule has 0 radical (unpaired) electrons. The summed E-state index contributed by atoms with van der Waals surface area (Å²) >= 11 is 0. The Balaban J connectivity index is 2.23. The fourth-order valence-electron chi connectivity index (χ4n) is 2.38. The van der Waals surface area contributed by atoms with Crippen LogP contribution < -0.4 is 5.32 Å². The summed E-state index contributed by atoms with van der Waals surface area (Å²) < 4.78 is 5.73. The predicted octanol–water partition coefficient (Wildman–Crippen LogP) is 4.89. The second-order valence-electron chi connectivity index (χ2n) is 5.96. The largest absolute Gasteiger partial charge is 0.377 e. The number of hydrogen-bond donors (Lipinski definition) is 1. The summed E-state index contributed by atoms with van der Waals surface area (Å²) in [7, 11) is 0. The molecule has 0 spiro atoms. The fraction of sp³-hybridized carbons (Fsp3) is 0.684. The van der Waals surface area contributed by atoms with E-state index in [2.05, 4.69) is 50.4 Å². The molecule has 0 heterocycles. The molecule has 1 aromatic carbocycles. The molecule has 21 heavy (non-hydrogen) atoms. The van der Waals surface area contributed by atoms with E-state index in [0.717, 1.165) is 26.3 Å². The molecule has 0 aliphatic heterocycles. The molecule has 0 amide bonds. The van der Waals surface area contributed by atoms with Crippen LogP contribution in [0.25, 0.3) is 0 Å². The Labute approximate surface area is 131 Å². The number of benzene rings is 1. The van der Waals surface area contributed by atoms with Crippen LogP contribution in [0.4, 0.5) is 0 Å². The summed E-state index contributed by atoms with van der Waals surface area (Å²) in [5, 5.41) is 3.48. The van der Waals surface area contributed by atoms with Crippen molar-refractivity contribution < 1.29 is 4.74 Å². The van der Waals surface area contributed by atoms with Crippen LogP contribution in [-0.4, -0.2) is 19.7 Å². The lowest BCUT2D eigenvalue weighted by molar-refractivity contribution is 0.117. The first kappa shape index (κ1) is 18.2. The molecule has 1 aromatic rings. The van der Waals surface area contributed by atoms with Crippen LogP contribution in [0, 0.1) is 0 Å². The van der Waals surface area contributed by atoms with Crippen molar-refractivity contribution in [3.63, 3.8) is 0 Å². The number of rotatable bonds is 12. The normalized spacial score (nSPS) is 12.5. The van der Waals surface area contributed by atoms with Crippen molar-refractivity contribution >= 4 is 0 Å². The van der Waals surface area contributed by atoms with Gasteiger partial charge in [0.1, 0.15) is 0 Å². The summed E-state index contributed by atoms with van der Waals surface area (Å²) in [6.45, 7) is 10.5. The molecule has 0 bridgehead atoms. The van der Waals surface area contributed by atoms with Gasteiger partial charge in [0.15, 0.2) is 0 Å². The van der Waals surface area contributed by atoms with Crippen LogP contribution >= 0.6 is 0 Å². The first-order valence-electron chi connectivity index (χ1n) is 8.65.